The van der Waals surface area contributed by atoms with Crippen molar-refractivity contribution in [3.8, 4) is 5.88 Å². The third kappa shape index (κ3) is 3.21. The van der Waals surface area contributed by atoms with Gasteiger partial charge in [-0.2, -0.15) is 4.98 Å². The molecule has 0 atom stereocenters. The van der Waals surface area contributed by atoms with Crippen molar-refractivity contribution in [2.45, 2.75) is 6.42 Å². The van der Waals surface area contributed by atoms with Gasteiger partial charge in [-0.15, -0.1) is 0 Å². The summed E-state index contributed by atoms with van der Waals surface area (Å²) in [4.78, 5) is 7.72. The number of benzene rings is 1. The van der Waals surface area contributed by atoms with Crippen LogP contribution in [0.1, 0.15) is 5.56 Å². The third-order valence-corrected chi connectivity index (χ3v) is 2.27. The molecule has 0 amide bonds. The number of rotatable bonds is 4. The number of nitrogens with zero attached hydrogens (tertiary/aromatic N) is 2. The van der Waals surface area contributed by atoms with Crippen molar-refractivity contribution in [1.29, 1.82) is 0 Å². The molecule has 16 heavy (non-hydrogen) atoms. The number of hydrogen-bond donors (Lipinski definition) is 0. The van der Waals surface area contributed by atoms with E-state index >= 15 is 0 Å². The Labute approximate surface area is 99.1 Å². The fourth-order valence-corrected chi connectivity index (χ4v) is 1.46. The Hall–Kier alpha value is -1.61. The van der Waals surface area contributed by atoms with Gasteiger partial charge in [0.25, 0.3) is 0 Å². The zero-order valence-electron chi connectivity index (χ0n) is 8.64. The van der Waals surface area contributed by atoms with E-state index in [1.54, 1.807) is 12.3 Å². The highest BCUT2D eigenvalue weighted by atomic mass is 35.5. The molecule has 2 rings (SSSR count). The van der Waals surface area contributed by atoms with E-state index in [2.05, 4.69) is 22.1 Å². The van der Waals surface area contributed by atoms with Crippen LogP contribution in [0.25, 0.3) is 0 Å². The maximum absolute atomic E-state index is 5.64. The molecule has 0 bridgehead atoms. The molecule has 3 nitrogen and oxygen atoms in total. The van der Waals surface area contributed by atoms with Crippen molar-refractivity contribution < 1.29 is 4.74 Å². The molecular weight excluding hydrogens is 224 g/mol. The minimum atomic E-state index is 0.206. The van der Waals surface area contributed by atoms with E-state index in [1.165, 1.54) is 5.56 Å². The summed E-state index contributed by atoms with van der Waals surface area (Å²) in [6, 6.07) is 11.8. The van der Waals surface area contributed by atoms with Crippen molar-refractivity contribution in [3.63, 3.8) is 0 Å². The Bertz CT molecular complexity index is 448. The molecule has 0 fully saturated rings. The zero-order valence-corrected chi connectivity index (χ0v) is 9.39. The average Bonchev–Trinajstić information content (AvgIpc) is 2.30. The Morgan fingerprint density at radius 3 is 2.69 bits per heavy atom. The molecule has 2 aromatic rings. The average molecular weight is 235 g/mol. The summed E-state index contributed by atoms with van der Waals surface area (Å²) < 4.78 is 5.46. The first kappa shape index (κ1) is 10.9. The van der Waals surface area contributed by atoms with E-state index in [1.807, 2.05) is 18.2 Å². The lowest BCUT2D eigenvalue weighted by molar-refractivity contribution is 0.309. The molecule has 0 radical (unpaired) electrons. The summed E-state index contributed by atoms with van der Waals surface area (Å²) in [7, 11) is 0. The minimum absolute atomic E-state index is 0.206. The number of halogens is 1. The van der Waals surface area contributed by atoms with Crippen LogP contribution >= 0.6 is 11.6 Å². The fraction of sp³-hybridized carbons (Fsp3) is 0.167. The van der Waals surface area contributed by atoms with Crippen LogP contribution in [0, 0.1) is 0 Å². The van der Waals surface area contributed by atoms with E-state index < -0.39 is 0 Å². The summed E-state index contributed by atoms with van der Waals surface area (Å²) in [6.45, 7) is 0.581. The van der Waals surface area contributed by atoms with Gasteiger partial charge in [0, 0.05) is 18.7 Å². The summed E-state index contributed by atoms with van der Waals surface area (Å²) in [5.74, 6) is 0.510. The van der Waals surface area contributed by atoms with Gasteiger partial charge in [0.1, 0.15) is 0 Å². The van der Waals surface area contributed by atoms with Crippen molar-refractivity contribution in [2.24, 2.45) is 0 Å². The van der Waals surface area contributed by atoms with Crippen LogP contribution in [-0.2, 0) is 6.42 Å². The molecule has 1 heterocycles. The van der Waals surface area contributed by atoms with Gasteiger partial charge in [0.2, 0.25) is 11.2 Å². The molecule has 0 spiro atoms. The van der Waals surface area contributed by atoms with E-state index in [0.29, 0.717) is 12.5 Å². The van der Waals surface area contributed by atoms with Gasteiger partial charge in [-0.3, -0.25) is 0 Å². The monoisotopic (exact) mass is 234 g/mol. The molecule has 1 aromatic carbocycles. The van der Waals surface area contributed by atoms with E-state index in [-0.39, 0.29) is 5.28 Å². The Morgan fingerprint density at radius 2 is 1.94 bits per heavy atom. The second-order valence-electron chi connectivity index (χ2n) is 3.25. The Kier molecular flexibility index (Phi) is 3.72. The molecule has 0 saturated carbocycles. The molecule has 0 N–H and O–H groups in total. The summed E-state index contributed by atoms with van der Waals surface area (Å²) in [5.41, 5.74) is 1.24. The molecule has 0 aliphatic carbocycles. The number of hydrogen-bond acceptors (Lipinski definition) is 3. The highest BCUT2D eigenvalue weighted by Crippen LogP contribution is 2.09. The van der Waals surface area contributed by atoms with Crippen LogP contribution in [0.2, 0.25) is 5.28 Å². The van der Waals surface area contributed by atoms with Crippen LogP contribution in [0.3, 0.4) is 0 Å². The minimum Gasteiger partial charge on any atom is -0.477 e. The topological polar surface area (TPSA) is 35.0 Å². The van der Waals surface area contributed by atoms with Gasteiger partial charge in [-0.25, -0.2) is 4.98 Å². The molecule has 0 saturated heterocycles. The van der Waals surface area contributed by atoms with Crippen molar-refractivity contribution >= 4 is 11.6 Å². The second-order valence-corrected chi connectivity index (χ2v) is 3.59. The smallest absolute Gasteiger partial charge is 0.225 e. The van der Waals surface area contributed by atoms with Crippen molar-refractivity contribution in [1.82, 2.24) is 9.97 Å². The molecule has 1 aromatic heterocycles. The highest BCUT2D eigenvalue weighted by Gasteiger charge is 1.97. The predicted octanol–water partition coefficient (Wildman–Crippen LogP) is 2.75. The van der Waals surface area contributed by atoms with Crippen LogP contribution in [0.5, 0.6) is 5.88 Å². The first-order valence-corrected chi connectivity index (χ1v) is 5.38. The van der Waals surface area contributed by atoms with Crippen LogP contribution in [0.15, 0.2) is 42.6 Å². The first-order valence-electron chi connectivity index (χ1n) is 5.00. The Morgan fingerprint density at radius 1 is 1.12 bits per heavy atom. The van der Waals surface area contributed by atoms with Crippen LogP contribution in [0.4, 0.5) is 0 Å². The van der Waals surface area contributed by atoms with Gasteiger partial charge in [-0.05, 0) is 17.2 Å². The zero-order chi connectivity index (χ0) is 11.2. The quantitative estimate of drug-likeness (QED) is 0.763. The van der Waals surface area contributed by atoms with E-state index in [4.69, 9.17) is 16.3 Å². The molecule has 0 unspecified atom stereocenters. The highest BCUT2D eigenvalue weighted by molar-refractivity contribution is 6.28. The van der Waals surface area contributed by atoms with Crippen LogP contribution in [-0.4, -0.2) is 16.6 Å². The maximum atomic E-state index is 5.64. The summed E-state index contributed by atoms with van der Waals surface area (Å²) >= 11 is 5.64. The lowest BCUT2D eigenvalue weighted by atomic mass is 10.2. The lowest BCUT2D eigenvalue weighted by Gasteiger charge is -2.04. The summed E-state index contributed by atoms with van der Waals surface area (Å²) in [6.07, 6.45) is 2.43. The normalized spacial score (nSPS) is 10.1. The molecule has 82 valence electrons. The van der Waals surface area contributed by atoms with Crippen molar-refractivity contribution in [2.75, 3.05) is 6.61 Å². The number of aromatic nitrogens is 2. The largest absolute Gasteiger partial charge is 0.477 e. The van der Waals surface area contributed by atoms with E-state index in [0.717, 1.165) is 6.42 Å². The number of ether oxygens (including phenoxy) is 1. The Balaban J connectivity index is 1.85. The lowest BCUT2D eigenvalue weighted by Crippen LogP contribution is -2.02. The first-order chi connectivity index (χ1) is 7.84. The summed E-state index contributed by atoms with van der Waals surface area (Å²) in [5, 5.41) is 0.206. The molecule has 0 aliphatic heterocycles. The van der Waals surface area contributed by atoms with Gasteiger partial charge in [0.15, 0.2) is 0 Å². The van der Waals surface area contributed by atoms with Gasteiger partial charge < -0.3 is 4.74 Å². The molecule has 0 aliphatic rings. The third-order valence-electron chi connectivity index (χ3n) is 2.08. The standard InChI is InChI=1S/C12H11ClN2O/c13-12-14-8-6-11(15-12)16-9-7-10-4-2-1-3-5-10/h1-6,8H,7,9H2. The second kappa shape index (κ2) is 5.47. The van der Waals surface area contributed by atoms with Crippen LogP contribution < -0.4 is 4.74 Å². The van der Waals surface area contributed by atoms with Gasteiger partial charge in [0.05, 0.1) is 6.61 Å². The fourth-order valence-electron chi connectivity index (χ4n) is 1.32. The molecule has 4 heteroatoms. The SMILES string of the molecule is Clc1nccc(OCCc2ccccc2)n1. The van der Waals surface area contributed by atoms with Gasteiger partial charge >= 0.3 is 0 Å². The van der Waals surface area contributed by atoms with Gasteiger partial charge in [-0.1, -0.05) is 30.3 Å². The van der Waals surface area contributed by atoms with E-state index in [9.17, 15) is 0 Å². The predicted molar refractivity (Wildman–Crippen MR) is 62.7 cm³/mol. The maximum Gasteiger partial charge on any atom is 0.225 e. The van der Waals surface area contributed by atoms with Crippen molar-refractivity contribution in [3.05, 3.63) is 53.4 Å². The molecular formula is C12H11ClN2O.